The molecule has 110 valence electrons. The van der Waals surface area contributed by atoms with Crippen molar-refractivity contribution in [1.82, 2.24) is 5.32 Å². The van der Waals surface area contributed by atoms with E-state index < -0.39 is 0 Å². The Kier molecular flexibility index (Phi) is 5.62. The second-order valence-corrected chi connectivity index (χ2v) is 5.30. The van der Waals surface area contributed by atoms with Gasteiger partial charge in [0.05, 0.1) is 6.10 Å². The van der Waals surface area contributed by atoms with Crippen molar-refractivity contribution in [3.8, 4) is 0 Å². The smallest absolute Gasteiger partial charge is 0.134 e. The lowest BCUT2D eigenvalue weighted by atomic mass is 10.1. The van der Waals surface area contributed by atoms with Crippen LogP contribution in [0, 0.1) is 0 Å². The van der Waals surface area contributed by atoms with Crippen LogP contribution in [0.25, 0.3) is 11.0 Å². The summed E-state index contributed by atoms with van der Waals surface area (Å²) in [6.45, 7) is 8.92. The number of furan rings is 1. The van der Waals surface area contributed by atoms with E-state index in [1.807, 2.05) is 12.1 Å². The number of fused-ring (bicyclic) bond motifs is 1. The van der Waals surface area contributed by atoms with E-state index in [0.29, 0.717) is 6.10 Å². The summed E-state index contributed by atoms with van der Waals surface area (Å²) < 4.78 is 11.4. The lowest BCUT2D eigenvalue weighted by molar-refractivity contribution is 0.0770. The summed E-state index contributed by atoms with van der Waals surface area (Å²) in [4.78, 5) is 0. The Balaban J connectivity index is 1.89. The molecule has 2 rings (SSSR count). The number of aryl methyl sites for hydroxylation is 1. The minimum atomic E-state index is 0.319. The number of hydrogen-bond acceptors (Lipinski definition) is 3. The third-order valence-electron chi connectivity index (χ3n) is 3.35. The zero-order chi connectivity index (χ0) is 14.4. The largest absolute Gasteiger partial charge is 0.461 e. The number of hydrogen-bond donors (Lipinski definition) is 1. The van der Waals surface area contributed by atoms with Crippen LogP contribution >= 0.6 is 0 Å². The van der Waals surface area contributed by atoms with Crippen LogP contribution in [0.4, 0.5) is 0 Å². The Labute approximate surface area is 121 Å². The molecule has 0 saturated carbocycles. The summed E-state index contributed by atoms with van der Waals surface area (Å²) in [6.07, 6.45) is 2.29. The molecule has 1 heterocycles. The number of para-hydroxylation sites is 1. The van der Waals surface area contributed by atoms with Crippen LogP contribution in [-0.2, 0) is 17.7 Å². The Hall–Kier alpha value is -1.32. The predicted molar refractivity (Wildman–Crippen MR) is 83.0 cm³/mol. The van der Waals surface area contributed by atoms with E-state index in [-0.39, 0.29) is 0 Å². The average Bonchev–Trinajstić information content (AvgIpc) is 2.80. The summed E-state index contributed by atoms with van der Waals surface area (Å²) in [7, 11) is 0. The van der Waals surface area contributed by atoms with E-state index >= 15 is 0 Å². The first-order chi connectivity index (χ1) is 9.72. The molecule has 0 amide bonds. The van der Waals surface area contributed by atoms with E-state index in [0.717, 1.165) is 43.9 Å². The molecule has 0 atom stereocenters. The molecular weight excluding hydrogens is 250 g/mol. The van der Waals surface area contributed by atoms with Gasteiger partial charge in [0, 0.05) is 30.5 Å². The summed E-state index contributed by atoms with van der Waals surface area (Å²) >= 11 is 0. The van der Waals surface area contributed by atoms with Crippen LogP contribution in [0.3, 0.4) is 0 Å². The van der Waals surface area contributed by atoms with Crippen molar-refractivity contribution >= 4 is 11.0 Å². The van der Waals surface area contributed by atoms with Gasteiger partial charge in [0.2, 0.25) is 0 Å². The summed E-state index contributed by atoms with van der Waals surface area (Å²) in [6, 6.07) is 8.26. The fourth-order valence-corrected chi connectivity index (χ4v) is 2.36. The minimum absolute atomic E-state index is 0.319. The van der Waals surface area contributed by atoms with Crippen molar-refractivity contribution in [2.75, 3.05) is 13.2 Å². The highest BCUT2D eigenvalue weighted by Gasteiger charge is 2.11. The maximum atomic E-state index is 5.89. The number of rotatable bonds is 8. The molecule has 0 aliphatic heterocycles. The zero-order valence-electron chi connectivity index (χ0n) is 12.7. The van der Waals surface area contributed by atoms with Crippen molar-refractivity contribution in [2.45, 2.75) is 46.3 Å². The SMILES string of the molecule is CCc1oc2ccccc2c1CNCCCOC(C)C. The lowest BCUT2D eigenvalue weighted by Crippen LogP contribution is -2.17. The maximum Gasteiger partial charge on any atom is 0.134 e. The number of ether oxygens (including phenoxy) is 1. The van der Waals surface area contributed by atoms with Gasteiger partial charge in [-0.15, -0.1) is 0 Å². The first kappa shape index (κ1) is 15.1. The van der Waals surface area contributed by atoms with Crippen LogP contribution in [0.2, 0.25) is 0 Å². The van der Waals surface area contributed by atoms with E-state index in [2.05, 4.69) is 38.2 Å². The molecule has 0 spiro atoms. The average molecular weight is 275 g/mol. The first-order valence-corrected chi connectivity index (χ1v) is 7.54. The Morgan fingerprint density at radius 1 is 1.25 bits per heavy atom. The summed E-state index contributed by atoms with van der Waals surface area (Å²) in [5, 5.41) is 4.72. The van der Waals surface area contributed by atoms with Gasteiger partial charge in [-0.05, 0) is 32.9 Å². The molecule has 2 aromatic rings. The molecule has 1 N–H and O–H groups in total. The number of nitrogens with one attached hydrogen (secondary N) is 1. The van der Waals surface area contributed by atoms with Crippen LogP contribution in [0.1, 0.15) is 38.5 Å². The van der Waals surface area contributed by atoms with Gasteiger partial charge in [-0.3, -0.25) is 0 Å². The molecule has 0 aliphatic carbocycles. The molecule has 3 heteroatoms. The second-order valence-electron chi connectivity index (χ2n) is 5.30. The predicted octanol–water partition coefficient (Wildman–Crippen LogP) is 3.90. The quantitative estimate of drug-likeness (QED) is 0.742. The van der Waals surface area contributed by atoms with Crippen LogP contribution < -0.4 is 5.32 Å². The van der Waals surface area contributed by atoms with Gasteiger partial charge < -0.3 is 14.5 Å². The van der Waals surface area contributed by atoms with E-state index in [1.165, 1.54) is 10.9 Å². The molecule has 0 radical (unpaired) electrons. The van der Waals surface area contributed by atoms with Gasteiger partial charge in [-0.2, -0.15) is 0 Å². The van der Waals surface area contributed by atoms with Crippen LogP contribution in [-0.4, -0.2) is 19.3 Å². The summed E-state index contributed by atoms with van der Waals surface area (Å²) in [5.74, 6) is 1.09. The maximum absolute atomic E-state index is 5.89. The van der Waals surface area contributed by atoms with Gasteiger partial charge in [-0.1, -0.05) is 25.1 Å². The Morgan fingerprint density at radius 2 is 2.05 bits per heavy atom. The molecule has 1 aromatic carbocycles. The van der Waals surface area contributed by atoms with Crippen LogP contribution in [0.5, 0.6) is 0 Å². The van der Waals surface area contributed by atoms with Gasteiger partial charge in [-0.25, -0.2) is 0 Å². The molecular formula is C17H25NO2. The lowest BCUT2D eigenvalue weighted by Gasteiger charge is -2.08. The number of benzene rings is 1. The van der Waals surface area contributed by atoms with Crippen molar-refractivity contribution < 1.29 is 9.15 Å². The van der Waals surface area contributed by atoms with Gasteiger partial charge in [0.1, 0.15) is 11.3 Å². The van der Waals surface area contributed by atoms with E-state index in [4.69, 9.17) is 9.15 Å². The fourth-order valence-electron chi connectivity index (χ4n) is 2.36. The van der Waals surface area contributed by atoms with E-state index in [9.17, 15) is 0 Å². The topological polar surface area (TPSA) is 34.4 Å². The molecule has 0 fully saturated rings. The van der Waals surface area contributed by atoms with Gasteiger partial charge in [0.15, 0.2) is 0 Å². The molecule has 1 aromatic heterocycles. The standard InChI is InChI=1S/C17H25NO2/c1-4-16-15(12-18-10-7-11-19-13(2)3)14-8-5-6-9-17(14)20-16/h5-6,8-9,13,18H,4,7,10-12H2,1-3H3. The Bertz CT molecular complexity index is 531. The first-order valence-electron chi connectivity index (χ1n) is 7.54. The van der Waals surface area contributed by atoms with Gasteiger partial charge >= 0.3 is 0 Å². The van der Waals surface area contributed by atoms with E-state index in [1.54, 1.807) is 0 Å². The third kappa shape index (κ3) is 3.84. The monoisotopic (exact) mass is 275 g/mol. The second kappa shape index (κ2) is 7.46. The van der Waals surface area contributed by atoms with Crippen molar-refractivity contribution in [3.63, 3.8) is 0 Å². The normalized spacial score (nSPS) is 11.6. The minimum Gasteiger partial charge on any atom is -0.461 e. The zero-order valence-corrected chi connectivity index (χ0v) is 12.7. The van der Waals surface area contributed by atoms with Gasteiger partial charge in [0.25, 0.3) is 0 Å². The third-order valence-corrected chi connectivity index (χ3v) is 3.35. The Morgan fingerprint density at radius 3 is 2.80 bits per heavy atom. The highest BCUT2D eigenvalue weighted by molar-refractivity contribution is 5.82. The fraction of sp³-hybridized carbons (Fsp3) is 0.529. The highest BCUT2D eigenvalue weighted by Crippen LogP contribution is 2.26. The highest BCUT2D eigenvalue weighted by atomic mass is 16.5. The molecule has 0 aliphatic rings. The van der Waals surface area contributed by atoms with Crippen molar-refractivity contribution in [1.29, 1.82) is 0 Å². The van der Waals surface area contributed by atoms with Crippen molar-refractivity contribution in [3.05, 3.63) is 35.6 Å². The molecule has 3 nitrogen and oxygen atoms in total. The van der Waals surface area contributed by atoms with Crippen LogP contribution in [0.15, 0.2) is 28.7 Å². The summed E-state index contributed by atoms with van der Waals surface area (Å²) in [5.41, 5.74) is 2.29. The van der Waals surface area contributed by atoms with Crippen molar-refractivity contribution in [2.24, 2.45) is 0 Å². The molecule has 20 heavy (non-hydrogen) atoms. The molecule has 0 bridgehead atoms. The molecule has 0 saturated heterocycles. The molecule has 0 unspecified atom stereocenters.